The number of benzene rings is 4. The number of piperidine rings is 1. The Morgan fingerprint density at radius 2 is 0.897 bits per heavy atom. The number of pyridine rings is 2. The van der Waals surface area contributed by atoms with E-state index in [-0.39, 0.29) is 0 Å². The van der Waals surface area contributed by atoms with E-state index in [1.165, 1.54) is 30.6 Å². The molecule has 68 heavy (non-hydrogen) atoms. The van der Waals surface area contributed by atoms with Gasteiger partial charge < -0.3 is 15.1 Å². The summed E-state index contributed by atoms with van der Waals surface area (Å²) in [4.78, 5) is 24.1. The van der Waals surface area contributed by atoms with Crippen molar-refractivity contribution in [1.29, 1.82) is 0 Å². The van der Waals surface area contributed by atoms with Crippen molar-refractivity contribution in [3.05, 3.63) is 158 Å². The van der Waals surface area contributed by atoms with E-state index < -0.39 is 0 Å². The molecule has 2 aliphatic heterocycles. The van der Waals surface area contributed by atoms with Crippen molar-refractivity contribution >= 4 is 44.5 Å². The monoisotopic (exact) mass is 895 g/mol. The fourth-order valence-corrected chi connectivity index (χ4v) is 10.6. The van der Waals surface area contributed by atoms with Gasteiger partial charge in [-0.2, -0.15) is 10.2 Å². The summed E-state index contributed by atoms with van der Waals surface area (Å²) in [6, 6.07) is 40.6. The molecule has 2 saturated heterocycles. The molecule has 1 N–H and O–H groups in total. The molecule has 0 amide bonds. The molecule has 0 aliphatic carbocycles. The SMILES string of the molecule is Cc1ccc2c(-c3cnn4cc(-c5ccc(N6[C@H](C)CCC[C@@H]6C)cc5)cnc34)cccc2n1.Cc1ccc2c(-c3cnn4cc(-c5ccc(N6[C@H](C)CNC[C@@H]6C)cc5)cnc34)cccc2n1. The Kier molecular flexibility index (Phi) is 11.4. The van der Waals surface area contributed by atoms with E-state index in [0.717, 1.165) is 102 Å². The third-order valence-corrected chi connectivity index (χ3v) is 14.1. The molecule has 2 fully saturated rings. The van der Waals surface area contributed by atoms with Gasteiger partial charge in [0.05, 0.1) is 23.4 Å². The van der Waals surface area contributed by atoms with Crippen LogP contribution >= 0.6 is 0 Å². The number of fused-ring (bicyclic) bond motifs is 4. The van der Waals surface area contributed by atoms with Gasteiger partial charge in [0.25, 0.3) is 0 Å². The van der Waals surface area contributed by atoms with Gasteiger partial charge in [-0.1, -0.05) is 60.7 Å². The summed E-state index contributed by atoms with van der Waals surface area (Å²) in [6.45, 7) is 15.3. The van der Waals surface area contributed by atoms with Gasteiger partial charge in [-0.05, 0) is 132 Å². The van der Waals surface area contributed by atoms with Gasteiger partial charge in [-0.15, -0.1) is 0 Å². The fourth-order valence-electron chi connectivity index (χ4n) is 10.6. The molecular formula is C57H57N11. The molecule has 0 spiro atoms. The Bertz CT molecular complexity index is 3180. The van der Waals surface area contributed by atoms with Gasteiger partial charge in [0.1, 0.15) is 0 Å². The first-order valence-corrected chi connectivity index (χ1v) is 24.1. The van der Waals surface area contributed by atoms with Crippen molar-refractivity contribution in [2.45, 2.75) is 85.0 Å². The van der Waals surface area contributed by atoms with Gasteiger partial charge in [0.2, 0.25) is 0 Å². The maximum Gasteiger partial charge on any atom is 0.162 e. The lowest BCUT2D eigenvalue weighted by molar-refractivity contribution is 0.414. The van der Waals surface area contributed by atoms with E-state index in [9.17, 15) is 0 Å². The lowest BCUT2D eigenvalue weighted by atomic mass is 9.96. The Labute approximate surface area is 397 Å². The van der Waals surface area contributed by atoms with Crippen molar-refractivity contribution in [1.82, 2.24) is 44.5 Å². The van der Waals surface area contributed by atoms with E-state index in [0.29, 0.717) is 24.2 Å². The summed E-state index contributed by atoms with van der Waals surface area (Å²) in [5, 5.41) is 15.0. The highest BCUT2D eigenvalue weighted by Crippen LogP contribution is 2.35. The van der Waals surface area contributed by atoms with Crippen LogP contribution in [0.4, 0.5) is 11.4 Å². The molecule has 4 atom stereocenters. The average Bonchev–Trinajstić information content (AvgIpc) is 3.98. The highest BCUT2D eigenvalue weighted by Gasteiger charge is 2.26. The van der Waals surface area contributed by atoms with Gasteiger partial charge in [-0.3, -0.25) is 9.97 Å². The molecule has 0 bridgehead atoms. The molecule has 11 heteroatoms. The summed E-state index contributed by atoms with van der Waals surface area (Å²) in [7, 11) is 0. The lowest BCUT2D eigenvalue weighted by Crippen LogP contribution is -2.55. The summed E-state index contributed by atoms with van der Waals surface area (Å²) in [6.07, 6.45) is 15.7. The lowest BCUT2D eigenvalue weighted by Gasteiger charge is -2.41. The van der Waals surface area contributed by atoms with Crippen LogP contribution in [-0.2, 0) is 0 Å². The summed E-state index contributed by atoms with van der Waals surface area (Å²) < 4.78 is 3.76. The smallest absolute Gasteiger partial charge is 0.162 e. The largest absolute Gasteiger partial charge is 0.366 e. The van der Waals surface area contributed by atoms with E-state index in [4.69, 9.17) is 9.97 Å². The van der Waals surface area contributed by atoms with Crippen molar-refractivity contribution in [3.8, 4) is 44.5 Å². The molecule has 0 unspecified atom stereocenters. The average molecular weight is 896 g/mol. The van der Waals surface area contributed by atoms with Crippen molar-refractivity contribution in [3.63, 3.8) is 0 Å². The minimum Gasteiger partial charge on any atom is -0.366 e. The normalized spacial score (nSPS) is 18.6. The first-order chi connectivity index (χ1) is 33.2. The third-order valence-electron chi connectivity index (χ3n) is 14.1. The second kappa shape index (κ2) is 18.0. The van der Waals surface area contributed by atoms with E-state index >= 15 is 0 Å². The Morgan fingerprint density at radius 1 is 0.456 bits per heavy atom. The molecule has 340 valence electrons. The number of nitrogens with one attached hydrogen (secondary N) is 1. The standard InChI is InChI=1S/C29H29N5.C28H28N6/c1-19-10-15-26-25(8-5-9-28(26)32-19)27-17-31-33-18-23(16-30-29(27)33)22-11-13-24(14-12-22)34-20(2)6-4-7-21(34)3;1-18-7-12-25-24(5-4-6-27(25)32-18)26-16-31-33-17-22(15-30-28(26)33)21-8-10-23(11-9-21)34-19(2)13-29-14-20(34)3/h5,8-18,20-21H,4,6-7H2,1-3H3;4-12,15-17,19-20,29H,13-14H2,1-3H3/t20-,21+;19-,20+. The first kappa shape index (κ1) is 43.1. The number of rotatable bonds is 6. The van der Waals surface area contributed by atoms with Crippen LogP contribution < -0.4 is 15.1 Å². The molecule has 12 rings (SSSR count). The van der Waals surface area contributed by atoms with Gasteiger partial charge in [0.15, 0.2) is 11.3 Å². The number of anilines is 2. The maximum atomic E-state index is 4.82. The predicted octanol–water partition coefficient (Wildman–Crippen LogP) is 11.8. The van der Waals surface area contributed by atoms with E-state index in [2.05, 4.69) is 172 Å². The van der Waals surface area contributed by atoms with Crippen LogP contribution in [0.2, 0.25) is 0 Å². The number of aryl methyl sites for hydroxylation is 2. The maximum absolute atomic E-state index is 4.82. The minimum atomic E-state index is 0.475. The highest BCUT2D eigenvalue weighted by molar-refractivity contribution is 5.99. The van der Waals surface area contributed by atoms with Crippen LogP contribution in [-0.4, -0.2) is 76.4 Å². The summed E-state index contributed by atoms with van der Waals surface area (Å²) in [5.74, 6) is 0. The Balaban J connectivity index is 0.000000149. The fraction of sp³-hybridized carbons (Fsp3) is 0.263. The van der Waals surface area contributed by atoms with Crippen molar-refractivity contribution in [2.75, 3.05) is 22.9 Å². The predicted molar refractivity (Wildman–Crippen MR) is 277 cm³/mol. The quantitative estimate of drug-likeness (QED) is 0.175. The molecule has 8 heterocycles. The topological polar surface area (TPSA) is 105 Å². The second-order valence-electron chi connectivity index (χ2n) is 18.9. The minimum absolute atomic E-state index is 0.475. The van der Waals surface area contributed by atoms with Crippen LogP contribution in [0.25, 0.3) is 77.6 Å². The first-order valence-electron chi connectivity index (χ1n) is 24.1. The third kappa shape index (κ3) is 8.10. The summed E-state index contributed by atoms with van der Waals surface area (Å²) >= 11 is 0. The molecule has 4 aromatic carbocycles. The summed E-state index contributed by atoms with van der Waals surface area (Å²) in [5.41, 5.74) is 16.9. The molecule has 10 aromatic rings. The number of piperazine rings is 1. The van der Waals surface area contributed by atoms with Crippen LogP contribution in [0.15, 0.2) is 146 Å². The van der Waals surface area contributed by atoms with E-state index in [1.54, 1.807) is 0 Å². The molecule has 11 nitrogen and oxygen atoms in total. The molecule has 0 radical (unpaired) electrons. The number of hydrogen-bond acceptors (Lipinski definition) is 9. The molecular weight excluding hydrogens is 839 g/mol. The molecule has 6 aromatic heterocycles. The molecule has 2 aliphatic rings. The van der Waals surface area contributed by atoms with Crippen LogP contribution in [0.5, 0.6) is 0 Å². The Hall–Kier alpha value is -7.50. The second-order valence-corrected chi connectivity index (χ2v) is 18.9. The zero-order valence-electron chi connectivity index (χ0n) is 39.7. The highest BCUT2D eigenvalue weighted by atomic mass is 15.3. The van der Waals surface area contributed by atoms with Crippen LogP contribution in [0.3, 0.4) is 0 Å². The zero-order valence-corrected chi connectivity index (χ0v) is 39.7. The van der Waals surface area contributed by atoms with E-state index in [1.807, 2.05) is 59.8 Å². The van der Waals surface area contributed by atoms with Gasteiger partial charge >= 0.3 is 0 Å². The number of hydrogen-bond donors (Lipinski definition) is 1. The van der Waals surface area contributed by atoms with Crippen molar-refractivity contribution < 1.29 is 0 Å². The number of aromatic nitrogens is 8. The molecule has 0 saturated carbocycles. The van der Waals surface area contributed by atoms with Crippen LogP contribution in [0, 0.1) is 13.8 Å². The van der Waals surface area contributed by atoms with Crippen molar-refractivity contribution in [2.24, 2.45) is 0 Å². The van der Waals surface area contributed by atoms with Gasteiger partial charge in [0, 0.05) is 118 Å². The Morgan fingerprint density at radius 3 is 1.35 bits per heavy atom. The number of nitrogens with zero attached hydrogens (tertiary/aromatic N) is 10. The van der Waals surface area contributed by atoms with Crippen LogP contribution in [0.1, 0.15) is 58.3 Å². The zero-order chi connectivity index (χ0) is 46.5. The van der Waals surface area contributed by atoms with Gasteiger partial charge in [-0.25, -0.2) is 19.0 Å².